The number of amides is 1. The van der Waals surface area contributed by atoms with Gasteiger partial charge in [0.2, 0.25) is 15.9 Å². The van der Waals surface area contributed by atoms with Gasteiger partial charge in [0, 0.05) is 21.6 Å². The molecular weight excluding hydrogens is 442 g/mol. The minimum absolute atomic E-state index is 0.121. The fraction of sp³-hybridized carbons (Fsp3) is 0.188. The van der Waals surface area contributed by atoms with Gasteiger partial charge in [-0.3, -0.25) is 9.10 Å². The van der Waals surface area contributed by atoms with Crippen molar-refractivity contribution in [1.82, 2.24) is 5.32 Å². The van der Waals surface area contributed by atoms with Crippen LogP contribution in [0.15, 0.2) is 36.4 Å². The van der Waals surface area contributed by atoms with Crippen molar-refractivity contribution < 1.29 is 13.2 Å². The number of sulfonamides is 1. The van der Waals surface area contributed by atoms with E-state index in [0.29, 0.717) is 20.6 Å². The number of anilines is 1. The van der Waals surface area contributed by atoms with Gasteiger partial charge >= 0.3 is 0 Å². The lowest BCUT2D eigenvalue weighted by molar-refractivity contribution is -0.119. The monoisotopic (exact) mass is 454 g/mol. The first-order valence-corrected chi connectivity index (χ1v) is 10.6. The summed E-state index contributed by atoms with van der Waals surface area (Å²) in [4.78, 5) is 12.3. The maximum Gasteiger partial charge on any atom is 0.241 e. The van der Waals surface area contributed by atoms with Gasteiger partial charge < -0.3 is 5.32 Å². The molecule has 0 bridgehead atoms. The molecule has 2 rings (SSSR count). The summed E-state index contributed by atoms with van der Waals surface area (Å²) in [6, 6.07) is 9.24. The van der Waals surface area contributed by atoms with Crippen LogP contribution >= 0.6 is 46.4 Å². The Morgan fingerprint density at radius 1 is 1.00 bits per heavy atom. The zero-order valence-corrected chi connectivity index (χ0v) is 17.3. The van der Waals surface area contributed by atoms with Crippen molar-refractivity contribution in [2.45, 2.75) is 6.54 Å². The summed E-state index contributed by atoms with van der Waals surface area (Å²) in [5.74, 6) is -0.530. The Bertz CT molecular complexity index is 935. The molecule has 0 unspecified atom stereocenters. The van der Waals surface area contributed by atoms with E-state index in [1.54, 1.807) is 18.2 Å². The van der Waals surface area contributed by atoms with Crippen LogP contribution in [0.3, 0.4) is 0 Å². The van der Waals surface area contributed by atoms with Crippen LogP contribution in [0.25, 0.3) is 0 Å². The Balaban J connectivity index is 2.16. The van der Waals surface area contributed by atoms with E-state index in [9.17, 15) is 13.2 Å². The van der Waals surface area contributed by atoms with Gasteiger partial charge in [-0.15, -0.1) is 0 Å². The second-order valence-corrected chi connectivity index (χ2v) is 8.97. The summed E-state index contributed by atoms with van der Waals surface area (Å²) < 4.78 is 25.1. The molecule has 0 aromatic heterocycles. The Morgan fingerprint density at radius 2 is 1.62 bits per heavy atom. The van der Waals surface area contributed by atoms with Crippen LogP contribution in [0.2, 0.25) is 20.1 Å². The molecule has 140 valence electrons. The van der Waals surface area contributed by atoms with Gasteiger partial charge in [0.1, 0.15) is 6.54 Å². The standard InChI is InChI=1S/C16H14Cl4N2O3S/c1-26(24,25)22(15-7-12(18)4-5-13(15)19)9-16(23)21-8-10-2-3-11(17)6-14(10)20/h2-7H,8-9H2,1H3,(H,21,23). The molecule has 0 radical (unpaired) electrons. The highest BCUT2D eigenvalue weighted by Crippen LogP contribution is 2.30. The largest absolute Gasteiger partial charge is 0.350 e. The van der Waals surface area contributed by atoms with Gasteiger partial charge in [-0.2, -0.15) is 0 Å². The van der Waals surface area contributed by atoms with Crippen molar-refractivity contribution in [2.75, 3.05) is 17.1 Å². The summed E-state index contributed by atoms with van der Waals surface area (Å²) >= 11 is 23.9. The molecule has 0 aliphatic carbocycles. The molecule has 0 saturated carbocycles. The van der Waals surface area contributed by atoms with E-state index in [2.05, 4.69) is 5.32 Å². The van der Waals surface area contributed by atoms with E-state index in [0.717, 1.165) is 10.6 Å². The number of hydrogen-bond donors (Lipinski definition) is 1. The molecule has 0 spiro atoms. The molecule has 1 amide bonds. The van der Waals surface area contributed by atoms with Crippen molar-refractivity contribution in [1.29, 1.82) is 0 Å². The Labute approximate surface area is 171 Å². The topological polar surface area (TPSA) is 66.5 Å². The van der Waals surface area contributed by atoms with E-state index in [4.69, 9.17) is 46.4 Å². The van der Waals surface area contributed by atoms with E-state index < -0.39 is 22.5 Å². The predicted octanol–water partition coefficient (Wildman–Crippen LogP) is 4.38. The summed E-state index contributed by atoms with van der Waals surface area (Å²) in [5.41, 5.74) is 0.775. The first-order chi connectivity index (χ1) is 12.1. The number of nitrogens with one attached hydrogen (secondary N) is 1. The highest BCUT2D eigenvalue weighted by molar-refractivity contribution is 7.92. The number of hydrogen-bond acceptors (Lipinski definition) is 3. The first kappa shape index (κ1) is 21.1. The molecule has 0 aliphatic rings. The third kappa shape index (κ3) is 5.66. The lowest BCUT2D eigenvalue weighted by atomic mass is 10.2. The second kappa shape index (κ2) is 8.67. The molecule has 0 aliphatic heterocycles. The SMILES string of the molecule is CS(=O)(=O)N(CC(=O)NCc1ccc(Cl)cc1Cl)c1cc(Cl)ccc1Cl. The number of halogens is 4. The minimum Gasteiger partial charge on any atom is -0.350 e. The van der Waals surface area contributed by atoms with Crippen LogP contribution in [0.4, 0.5) is 5.69 Å². The maximum atomic E-state index is 12.3. The minimum atomic E-state index is -3.76. The molecule has 10 heteroatoms. The van der Waals surface area contributed by atoms with Crippen molar-refractivity contribution in [3.63, 3.8) is 0 Å². The average molecular weight is 456 g/mol. The van der Waals surface area contributed by atoms with Crippen LogP contribution in [0, 0.1) is 0 Å². The average Bonchev–Trinajstić information content (AvgIpc) is 2.53. The lowest BCUT2D eigenvalue weighted by Gasteiger charge is -2.23. The highest BCUT2D eigenvalue weighted by atomic mass is 35.5. The Morgan fingerprint density at radius 3 is 2.23 bits per heavy atom. The predicted molar refractivity (Wildman–Crippen MR) is 107 cm³/mol. The van der Waals surface area contributed by atoms with Gasteiger partial charge in [0.05, 0.1) is 17.0 Å². The zero-order chi connectivity index (χ0) is 19.5. The molecule has 0 heterocycles. The first-order valence-electron chi connectivity index (χ1n) is 7.21. The van der Waals surface area contributed by atoms with Crippen LogP contribution in [-0.4, -0.2) is 27.1 Å². The lowest BCUT2D eigenvalue weighted by Crippen LogP contribution is -2.40. The molecule has 0 atom stereocenters. The Hall–Kier alpha value is -1.18. The van der Waals surface area contributed by atoms with Crippen LogP contribution in [-0.2, 0) is 21.4 Å². The fourth-order valence-corrected chi connectivity index (χ4v) is 3.87. The Kier molecular flexibility index (Phi) is 7.05. The third-order valence-electron chi connectivity index (χ3n) is 3.36. The fourth-order valence-electron chi connectivity index (χ4n) is 2.10. The van der Waals surface area contributed by atoms with Crippen molar-refractivity contribution in [3.05, 3.63) is 62.1 Å². The summed E-state index contributed by atoms with van der Waals surface area (Å²) in [5, 5.41) is 3.95. The van der Waals surface area contributed by atoms with E-state index in [-0.39, 0.29) is 17.3 Å². The van der Waals surface area contributed by atoms with Crippen LogP contribution in [0.5, 0.6) is 0 Å². The molecule has 5 nitrogen and oxygen atoms in total. The third-order valence-corrected chi connectivity index (χ3v) is 5.62. The molecule has 2 aromatic carbocycles. The smallest absolute Gasteiger partial charge is 0.241 e. The summed E-state index contributed by atoms with van der Waals surface area (Å²) in [6.07, 6.45) is 0.980. The number of carbonyl (C=O) groups excluding carboxylic acids is 1. The van der Waals surface area contributed by atoms with Crippen molar-refractivity contribution in [3.8, 4) is 0 Å². The molecular formula is C16H14Cl4N2O3S. The molecule has 2 aromatic rings. The van der Waals surface area contributed by atoms with Gasteiger partial charge in [-0.1, -0.05) is 52.5 Å². The molecule has 26 heavy (non-hydrogen) atoms. The maximum absolute atomic E-state index is 12.3. The van der Waals surface area contributed by atoms with E-state index >= 15 is 0 Å². The summed E-state index contributed by atoms with van der Waals surface area (Å²) in [6.45, 7) is -0.334. The summed E-state index contributed by atoms with van der Waals surface area (Å²) in [7, 11) is -3.76. The number of carbonyl (C=O) groups is 1. The number of nitrogens with zero attached hydrogens (tertiary/aromatic N) is 1. The number of rotatable bonds is 6. The van der Waals surface area contributed by atoms with E-state index in [1.807, 2.05) is 0 Å². The van der Waals surface area contributed by atoms with Gasteiger partial charge in [0.15, 0.2) is 0 Å². The second-order valence-electron chi connectivity index (χ2n) is 5.38. The molecule has 0 fully saturated rings. The highest BCUT2D eigenvalue weighted by Gasteiger charge is 2.23. The normalized spacial score (nSPS) is 11.3. The van der Waals surface area contributed by atoms with E-state index in [1.165, 1.54) is 18.2 Å². The molecule has 1 N–H and O–H groups in total. The molecule has 0 saturated heterocycles. The zero-order valence-electron chi connectivity index (χ0n) is 13.5. The van der Waals surface area contributed by atoms with Gasteiger partial charge in [-0.25, -0.2) is 8.42 Å². The quantitative estimate of drug-likeness (QED) is 0.702. The van der Waals surface area contributed by atoms with Crippen LogP contribution < -0.4 is 9.62 Å². The van der Waals surface area contributed by atoms with Gasteiger partial charge in [-0.05, 0) is 35.9 Å². The van der Waals surface area contributed by atoms with Crippen LogP contribution in [0.1, 0.15) is 5.56 Å². The van der Waals surface area contributed by atoms with Crippen molar-refractivity contribution in [2.24, 2.45) is 0 Å². The van der Waals surface area contributed by atoms with Gasteiger partial charge in [0.25, 0.3) is 0 Å². The number of benzene rings is 2. The van der Waals surface area contributed by atoms with Crippen molar-refractivity contribution >= 4 is 68.0 Å².